The molecular formula is C25H26N4O2Si. The summed E-state index contributed by atoms with van der Waals surface area (Å²) in [4.78, 5) is 26.4. The largest absolute Gasteiger partial charge is 0.461 e. The summed E-state index contributed by atoms with van der Waals surface area (Å²) in [6.07, 6.45) is 9.64. The van der Waals surface area contributed by atoms with Crippen LogP contribution in [0.4, 0.5) is 0 Å². The molecule has 0 aromatic carbocycles. The molecule has 0 amide bonds. The standard InChI is InChI=1S/C25H26N4O2Si/c1-6-31-25(30)23-24-17(2)28-22(20-9-7-8-13-26-20)19-15-18(12-14-32(3,4)5)10-11-21(19)29(24)16-27-23/h7-11,13,15-16,21H,6H2,1-5H3. The molecule has 6 nitrogen and oxygen atoms in total. The number of hydrogen-bond acceptors (Lipinski definition) is 5. The first-order valence-electron chi connectivity index (χ1n) is 10.7. The van der Waals surface area contributed by atoms with Gasteiger partial charge in [-0.25, -0.2) is 14.8 Å². The minimum absolute atomic E-state index is 0.184. The number of hydrogen-bond donors (Lipinski definition) is 0. The second kappa shape index (κ2) is 8.56. The predicted octanol–water partition coefficient (Wildman–Crippen LogP) is 4.61. The summed E-state index contributed by atoms with van der Waals surface area (Å²) in [5.41, 5.74) is 8.50. The van der Waals surface area contributed by atoms with Crippen LogP contribution in [0.5, 0.6) is 0 Å². The lowest BCUT2D eigenvalue weighted by Crippen LogP contribution is -2.17. The number of nitrogens with zero attached hydrogens (tertiary/aromatic N) is 4. The quantitative estimate of drug-likeness (QED) is 0.396. The third-order valence-electron chi connectivity index (χ3n) is 5.03. The van der Waals surface area contributed by atoms with E-state index in [1.54, 1.807) is 19.4 Å². The molecule has 7 heteroatoms. The summed E-state index contributed by atoms with van der Waals surface area (Å²) in [6.45, 7) is 10.6. The molecule has 1 unspecified atom stereocenters. The summed E-state index contributed by atoms with van der Waals surface area (Å²) >= 11 is 0. The van der Waals surface area contributed by atoms with Crippen molar-refractivity contribution in [2.24, 2.45) is 4.99 Å². The van der Waals surface area contributed by atoms with E-state index in [9.17, 15) is 4.79 Å². The van der Waals surface area contributed by atoms with Crippen molar-refractivity contribution in [2.45, 2.75) is 39.5 Å². The van der Waals surface area contributed by atoms with Gasteiger partial charge in [0.25, 0.3) is 0 Å². The van der Waals surface area contributed by atoms with Gasteiger partial charge in [-0.3, -0.25) is 4.98 Å². The van der Waals surface area contributed by atoms with E-state index in [1.807, 2.05) is 35.8 Å². The van der Waals surface area contributed by atoms with Crippen molar-refractivity contribution < 1.29 is 9.53 Å². The van der Waals surface area contributed by atoms with Crippen molar-refractivity contribution in [1.82, 2.24) is 14.5 Å². The molecule has 0 saturated heterocycles. The van der Waals surface area contributed by atoms with Crippen LogP contribution in [-0.4, -0.2) is 40.9 Å². The van der Waals surface area contributed by atoms with Crippen LogP contribution in [-0.2, 0) is 4.74 Å². The van der Waals surface area contributed by atoms with E-state index < -0.39 is 14.0 Å². The second-order valence-corrected chi connectivity index (χ2v) is 13.4. The highest BCUT2D eigenvalue weighted by atomic mass is 28.3. The van der Waals surface area contributed by atoms with E-state index in [2.05, 4.69) is 53.2 Å². The van der Waals surface area contributed by atoms with Crippen molar-refractivity contribution in [1.29, 1.82) is 0 Å². The van der Waals surface area contributed by atoms with Gasteiger partial charge in [0, 0.05) is 17.3 Å². The fraction of sp³-hybridized carbons (Fsp3) is 0.280. The smallest absolute Gasteiger partial charge is 0.359 e. The summed E-state index contributed by atoms with van der Waals surface area (Å²) in [5, 5.41) is 0. The fourth-order valence-electron chi connectivity index (χ4n) is 3.66. The molecule has 4 rings (SSSR count). The number of esters is 1. The van der Waals surface area contributed by atoms with Gasteiger partial charge in [-0.2, -0.15) is 0 Å². The number of carbonyl (C=O) groups is 1. The Kier molecular flexibility index (Phi) is 5.81. The molecule has 2 aliphatic rings. The number of carbonyl (C=O) groups excluding carboxylic acids is 1. The van der Waals surface area contributed by atoms with E-state index >= 15 is 0 Å². The zero-order valence-corrected chi connectivity index (χ0v) is 20.0. The first-order valence-corrected chi connectivity index (χ1v) is 14.2. The average Bonchev–Trinajstić information content (AvgIpc) is 3.17. The zero-order chi connectivity index (χ0) is 22.9. The maximum atomic E-state index is 12.6. The maximum absolute atomic E-state index is 12.6. The number of aromatic nitrogens is 3. The average molecular weight is 443 g/mol. The molecule has 3 heterocycles. The number of allylic oxidation sites excluding steroid dienone is 5. The number of fused-ring (bicyclic) bond motifs is 3. The van der Waals surface area contributed by atoms with Gasteiger partial charge in [0.2, 0.25) is 0 Å². The normalized spacial score (nSPS) is 17.3. The first-order chi connectivity index (χ1) is 15.3. The minimum atomic E-state index is -1.52. The molecular weight excluding hydrogens is 416 g/mol. The second-order valence-electron chi connectivity index (χ2n) is 8.69. The molecule has 0 bridgehead atoms. The van der Waals surface area contributed by atoms with Crippen molar-refractivity contribution in [3.8, 4) is 11.5 Å². The Bertz CT molecular complexity index is 1250. The molecule has 1 aliphatic carbocycles. The minimum Gasteiger partial charge on any atom is -0.461 e. The summed E-state index contributed by atoms with van der Waals surface area (Å²) in [7, 11) is -1.52. The highest BCUT2D eigenvalue weighted by Gasteiger charge is 2.31. The van der Waals surface area contributed by atoms with Crippen molar-refractivity contribution in [3.05, 3.63) is 77.2 Å². The van der Waals surface area contributed by atoms with Crippen LogP contribution >= 0.6 is 0 Å². The van der Waals surface area contributed by atoms with E-state index in [0.29, 0.717) is 11.4 Å². The molecule has 162 valence electrons. The van der Waals surface area contributed by atoms with Crippen molar-refractivity contribution in [2.75, 3.05) is 6.61 Å². The lowest BCUT2D eigenvalue weighted by atomic mass is 9.94. The van der Waals surface area contributed by atoms with Gasteiger partial charge in [-0.05, 0) is 38.1 Å². The van der Waals surface area contributed by atoms with Crippen LogP contribution in [0.1, 0.15) is 41.8 Å². The number of pyridine rings is 1. The summed E-state index contributed by atoms with van der Waals surface area (Å²) < 4.78 is 7.21. The molecule has 1 atom stereocenters. The van der Waals surface area contributed by atoms with Gasteiger partial charge in [-0.15, -0.1) is 5.54 Å². The highest BCUT2D eigenvalue weighted by molar-refractivity contribution is 6.83. The van der Waals surface area contributed by atoms with E-state index in [0.717, 1.165) is 22.5 Å². The molecule has 1 aliphatic heterocycles. The van der Waals surface area contributed by atoms with E-state index in [4.69, 9.17) is 9.73 Å². The Morgan fingerprint density at radius 3 is 2.75 bits per heavy atom. The molecule has 0 N–H and O–H groups in total. The van der Waals surface area contributed by atoms with Crippen LogP contribution < -0.4 is 0 Å². The first kappa shape index (κ1) is 21.7. The molecule has 0 fully saturated rings. The van der Waals surface area contributed by atoms with Gasteiger partial charge in [0.1, 0.15) is 8.07 Å². The number of rotatable bonds is 3. The van der Waals surface area contributed by atoms with Crippen molar-refractivity contribution in [3.63, 3.8) is 0 Å². The molecule has 2 aromatic rings. The van der Waals surface area contributed by atoms with Crippen LogP contribution in [0.25, 0.3) is 5.70 Å². The Morgan fingerprint density at radius 1 is 1.25 bits per heavy atom. The summed E-state index contributed by atoms with van der Waals surface area (Å²) in [6, 6.07) is 5.59. The van der Waals surface area contributed by atoms with Gasteiger partial charge < -0.3 is 9.30 Å². The zero-order valence-electron chi connectivity index (χ0n) is 19.0. The number of ether oxygens (including phenoxy) is 1. The SMILES string of the molecule is CCOC(=O)c1ncn2c1C(C)=NC(c1ccccn1)=C1C=C(C#C[Si](C)(C)C)C=CC12. The topological polar surface area (TPSA) is 69.4 Å². The van der Waals surface area contributed by atoms with Crippen LogP contribution in [0.15, 0.2) is 65.1 Å². The van der Waals surface area contributed by atoms with Crippen molar-refractivity contribution >= 4 is 25.5 Å². The third kappa shape index (κ3) is 4.27. The van der Waals surface area contributed by atoms with Gasteiger partial charge >= 0.3 is 5.97 Å². The molecule has 0 radical (unpaired) electrons. The van der Waals surface area contributed by atoms with Crippen LogP contribution in [0, 0.1) is 11.5 Å². The van der Waals surface area contributed by atoms with Gasteiger partial charge in [0.05, 0.1) is 41.8 Å². The number of aliphatic imine (C=N–C) groups is 1. The van der Waals surface area contributed by atoms with E-state index in [1.165, 1.54) is 0 Å². The van der Waals surface area contributed by atoms with Gasteiger partial charge in [-0.1, -0.05) is 37.7 Å². The highest BCUT2D eigenvalue weighted by Crippen LogP contribution is 2.37. The Hall–Kier alpha value is -3.50. The Labute approximate surface area is 189 Å². The third-order valence-corrected chi connectivity index (χ3v) is 5.91. The van der Waals surface area contributed by atoms with Crippen LogP contribution in [0.2, 0.25) is 19.6 Å². The summed E-state index contributed by atoms with van der Waals surface area (Å²) in [5.74, 6) is 2.90. The van der Waals surface area contributed by atoms with Gasteiger partial charge in [0.15, 0.2) is 5.69 Å². The lowest BCUT2D eigenvalue weighted by Gasteiger charge is -2.21. The number of imidazole rings is 1. The Balaban J connectivity index is 1.92. The van der Waals surface area contributed by atoms with Crippen LogP contribution in [0.3, 0.4) is 0 Å². The predicted molar refractivity (Wildman–Crippen MR) is 129 cm³/mol. The molecule has 32 heavy (non-hydrogen) atoms. The lowest BCUT2D eigenvalue weighted by molar-refractivity contribution is 0.0519. The fourth-order valence-corrected chi connectivity index (χ4v) is 4.18. The molecule has 2 aromatic heterocycles. The molecule has 0 saturated carbocycles. The maximum Gasteiger partial charge on any atom is 0.359 e. The molecule has 0 spiro atoms. The monoisotopic (exact) mass is 442 g/mol. The Morgan fingerprint density at radius 2 is 2.06 bits per heavy atom. The van der Waals surface area contributed by atoms with E-state index in [-0.39, 0.29) is 18.3 Å².